The Labute approximate surface area is 126 Å². The topological polar surface area (TPSA) is 84.9 Å². The Morgan fingerprint density at radius 1 is 1.27 bits per heavy atom. The molecule has 1 amide bonds. The highest BCUT2D eigenvalue weighted by molar-refractivity contribution is 5.80. The van der Waals surface area contributed by atoms with E-state index in [4.69, 9.17) is 14.6 Å². The van der Waals surface area contributed by atoms with Crippen LogP contribution in [0.25, 0.3) is 0 Å². The van der Waals surface area contributed by atoms with Crippen LogP contribution in [0.1, 0.15) is 20.8 Å². The first kappa shape index (κ1) is 17.7. The molecule has 0 aliphatic rings. The Morgan fingerprint density at radius 2 is 1.91 bits per heavy atom. The number of halogens is 2. The second-order valence-corrected chi connectivity index (χ2v) is 5.42. The van der Waals surface area contributed by atoms with Gasteiger partial charge in [0.2, 0.25) is 0 Å². The van der Waals surface area contributed by atoms with Crippen LogP contribution in [0, 0.1) is 11.6 Å². The van der Waals surface area contributed by atoms with Gasteiger partial charge in [0, 0.05) is 6.07 Å². The highest BCUT2D eigenvalue weighted by Gasteiger charge is 2.24. The van der Waals surface area contributed by atoms with Crippen LogP contribution in [0.2, 0.25) is 0 Å². The average molecular weight is 317 g/mol. The molecule has 6 nitrogen and oxygen atoms in total. The molecule has 0 aliphatic carbocycles. The maximum Gasteiger partial charge on any atom is 0.408 e. The number of nitrogens with one attached hydrogen (secondary N) is 1. The summed E-state index contributed by atoms with van der Waals surface area (Å²) >= 11 is 0. The number of alkyl carbamates (subject to hydrolysis) is 1. The highest BCUT2D eigenvalue weighted by atomic mass is 19.2. The Hall–Kier alpha value is -2.38. The lowest BCUT2D eigenvalue weighted by molar-refractivity contribution is -0.140. The Balaban J connectivity index is 2.63. The zero-order chi connectivity index (χ0) is 16.9. The SMILES string of the molecule is CC(C)(C)OC(=O)N[C@H](COc1ccc(F)c(F)c1)C(=O)O. The highest BCUT2D eigenvalue weighted by Crippen LogP contribution is 2.15. The predicted molar refractivity (Wildman–Crippen MR) is 72.6 cm³/mol. The van der Waals surface area contributed by atoms with Gasteiger partial charge < -0.3 is 19.9 Å². The third-order valence-corrected chi connectivity index (χ3v) is 2.30. The third kappa shape index (κ3) is 5.94. The van der Waals surface area contributed by atoms with Crippen LogP contribution in [0.3, 0.4) is 0 Å². The van der Waals surface area contributed by atoms with Crippen LogP contribution in [0.15, 0.2) is 18.2 Å². The van der Waals surface area contributed by atoms with E-state index in [1.807, 2.05) is 0 Å². The number of carbonyl (C=O) groups is 2. The van der Waals surface area contributed by atoms with E-state index in [0.717, 1.165) is 18.2 Å². The number of carboxylic acid groups (broad SMARTS) is 1. The minimum atomic E-state index is -1.40. The first-order chi connectivity index (χ1) is 10.1. The van der Waals surface area contributed by atoms with Crippen molar-refractivity contribution in [3.8, 4) is 5.75 Å². The molecule has 1 aromatic rings. The lowest BCUT2D eigenvalue weighted by Crippen LogP contribution is -2.46. The van der Waals surface area contributed by atoms with E-state index in [1.165, 1.54) is 0 Å². The molecule has 2 N–H and O–H groups in total. The molecule has 0 aliphatic heterocycles. The molecule has 0 fully saturated rings. The average Bonchev–Trinajstić information content (AvgIpc) is 2.36. The molecule has 0 saturated heterocycles. The number of carbonyl (C=O) groups excluding carboxylic acids is 1. The Bertz CT molecular complexity index is 557. The molecule has 0 aromatic heterocycles. The van der Waals surface area contributed by atoms with E-state index >= 15 is 0 Å². The van der Waals surface area contributed by atoms with Gasteiger partial charge in [-0.2, -0.15) is 0 Å². The summed E-state index contributed by atoms with van der Waals surface area (Å²) in [4.78, 5) is 22.6. The number of carboxylic acids is 1. The number of ether oxygens (including phenoxy) is 2. The Kier molecular flexibility index (Phi) is 5.67. The molecule has 1 rings (SSSR count). The predicted octanol–water partition coefficient (Wildman–Crippen LogP) is 2.32. The van der Waals surface area contributed by atoms with Crippen LogP contribution >= 0.6 is 0 Å². The number of benzene rings is 1. The summed E-state index contributed by atoms with van der Waals surface area (Å²) in [7, 11) is 0. The van der Waals surface area contributed by atoms with E-state index in [-0.39, 0.29) is 5.75 Å². The summed E-state index contributed by atoms with van der Waals surface area (Å²) in [5.74, 6) is -3.58. The van der Waals surface area contributed by atoms with E-state index in [0.29, 0.717) is 0 Å². The van der Waals surface area contributed by atoms with Gasteiger partial charge in [-0.1, -0.05) is 0 Å². The van der Waals surface area contributed by atoms with Crippen molar-refractivity contribution < 1.29 is 33.0 Å². The molecular formula is C14H17F2NO5. The maximum absolute atomic E-state index is 13.0. The van der Waals surface area contributed by atoms with Gasteiger partial charge >= 0.3 is 12.1 Å². The molecular weight excluding hydrogens is 300 g/mol. The van der Waals surface area contributed by atoms with Gasteiger partial charge in [-0.3, -0.25) is 0 Å². The normalized spacial score (nSPS) is 12.4. The summed E-state index contributed by atoms with van der Waals surface area (Å²) in [6.45, 7) is 4.40. The molecule has 0 heterocycles. The van der Waals surface area contributed by atoms with Crippen LogP contribution in [0.4, 0.5) is 13.6 Å². The number of hydrogen-bond donors (Lipinski definition) is 2. The molecule has 0 unspecified atom stereocenters. The fourth-order valence-corrected chi connectivity index (χ4v) is 1.37. The van der Waals surface area contributed by atoms with Crippen molar-refractivity contribution in [2.24, 2.45) is 0 Å². The summed E-state index contributed by atoms with van der Waals surface area (Å²) in [5.41, 5.74) is -0.784. The fraction of sp³-hybridized carbons (Fsp3) is 0.429. The number of aliphatic carboxylic acids is 1. The number of hydrogen-bond acceptors (Lipinski definition) is 4. The maximum atomic E-state index is 13.0. The van der Waals surface area contributed by atoms with Crippen molar-refractivity contribution in [1.29, 1.82) is 0 Å². The van der Waals surface area contributed by atoms with Gasteiger partial charge in [0.05, 0.1) is 0 Å². The van der Waals surface area contributed by atoms with Crippen LogP contribution in [-0.2, 0) is 9.53 Å². The monoisotopic (exact) mass is 317 g/mol. The third-order valence-electron chi connectivity index (χ3n) is 2.30. The molecule has 122 valence electrons. The molecule has 1 atom stereocenters. The first-order valence-electron chi connectivity index (χ1n) is 6.38. The molecule has 1 aromatic carbocycles. The smallest absolute Gasteiger partial charge is 0.408 e. The zero-order valence-corrected chi connectivity index (χ0v) is 12.4. The molecule has 0 spiro atoms. The van der Waals surface area contributed by atoms with E-state index in [1.54, 1.807) is 20.8 Å². The molecule has 22 heavy (non-hydrogen) atoms. The van der Waals surface area contributed by atoms with Crippen molar-refractivity contribution in [3.63, 3.8) is 0 Å². The van der Waals surface area contributed by atoms with Gasteiger partial charge in [-0.25, -0.2) is 18.4 Å². The van der Waals surface area contributed by atoms with Gasteiger partial charge in [0.1, 0.15) is 18.0 Å². The van der Waals surface area contributed by atoms with Gasteiger partial charge in [-0.05, 0) is 32.9 Å². The summed E-state index contributed by atoms with van der Waals surface area (Å²) in [5, 5.41) is 11.1. The second kappa shape index (κ2) is 7.06. The van der Waals surface area contributed by atoms with Gasteiger partial charge in [-0.15, -0.1) is 0 Å². The quantitative estimate of drug-likeness (QED) is 0.870. The van der Waals surface area contributed by atoms with Crippen LogP contribution in [0.5, 0.6) is 5.75 Å². The van der Waals surface area contributed by atoms with Crippen molar-refractivity contribution in [3.05, 3.63) is 29.8 Å². The van der Waals surface area contributed by atoms with E-state index in [2.05, 4.69) is 5.32 Å². The van der Waals surface area contributed by atoms with Gasteiger partial charge in [0.25, 0.3) is 0 Å². The van der Waals surface area contributed by atoms with Crippen molar-refractivity contribution in [2.75, 3.05) is 6.61 Å². The van der Waals surface area contributed by atoms with E-state index in [9.17, 15) is 18.4 Å². The summed E-state index contributed by atoms with van der Waals surface area (Å²) in [6, 6.07) is 1.37. The number of amides is 1. The van der Waals surface area contributed by atoms with Crippen molar-refractivity contribution >= 4 is 12.1 Å². The lowest BCUT2D eigenvalue weighted by atomic mass is 10.2. The second-order valence-electron chi connectivity index (χ2n) is 5.42. The molecule has 0 saturated carbocycles. The minimum Gasteiger partial charge on any atom is -0.491 e. The van der Waals surface area contributed by atoms with E-state index < -0.39 is 41.9 Å². The molecule has 8 heteroatoms. The Morgan fingerprint density at radius 3 is 2.41 bits per heavy atom. The van der Waals surface area contributed by atoms with Crippen molar-refractivity contribution in [2.45, 2.75) is 32.4 Å². The standard InChI is InChI=1S/C14H17F2NO5/c1-14(2,3)22-13(20)17-11(12(18)19)7-21-8-4-5-9(15)10(16)6-8/h4-6,11H,7H2,1-3H3,(H,17,20)(H,18,19)/t11-/m1/s1. The molecule has 0 radical (unpaired) electrons. The zero-order valence-electron chi connectivity index (χ0n) is 12.4. The first-order valence-corrected chi connectivity index (χ1v) is 6.38. The van der Waals surface area contributed by atoms with Crippen LogP contribution < -0.4 is 10.1 Å². The lowest BCUT2D eigenvalue weighted by Gasteiger charge is -2.22. The number of rotatable bonds is 5. The van der Waals surface area contributed by atoms with Gasteiger partial charge in [0.15, 0.2) is 17.7 Å². The summed E-state index contributed by atoms with van der Waals surface area (Å²) in [6.07, 6.45) is -0.922. The largest absolute Gasteiger partial charge is 0.491 e. The van der Waals surface area contributed by atoms with Crippen molar-refractivity contribution in [1.82, 2.24) is 5.32 Å². The summed E-state index contributed by atoms with van der Waals surface area (Å²) < 4.78 is 35.7. The molecule has 0 bridgehead atoms. The fourth-order valence-electron chi connectivity index (χ4n) is 1.37. The van der Waals surface area contributed by atoms with Crippen LogP contribution in [-0.4, -0.2) is 35.4 Å². The minimum absolute atomic E-state index is 0.0591.